The Morgan fingerprint density at radius 1 is 0.810 bits per heavy atom. The summed E-state index contributed by atoms with van der Waals surface area (Å²) >= 11 is 5.25. The molecular formula is C48H65N5O4S. The van der Waals surface area contributed by atoms with Crippen LogP contribution in [0.15, 0.2) is 84.9 Å². The maximum Gasteiger partial charge on any atom is 0.242 e. The third-order valence-electron chi connectivity index (χ3n) is 11.9. The van der Waals surface area contributed by atoms with Gasteiger partial charge < -0.3 is 31.7 Å². The lowest BCUT2D eigenvalue weighted by Crippen LogP contribution is -2.54. The predicted molar refractivity (Wildman–Crippen MR) is 240 cm³/mol. The SMILES string of the molecule is CCC(C)CNC(=O)CC(O)C(CC1CCCCC1)NC(=O)C(CCCCNC(=S)NC)NC(=O)C(Cc1ccc2ccccc2c1)Cc1cccc2ccccc12. The van der Waals surface area contributed by atoms with E-state index < -0.39 is 24.1 Å². The summed E-state index contributed by atoms with van der Waals surface area (Å²) in [4.78, 5) is 42.1. The first-order valence-corrected chi connectivity index (χ1v) is 22.0. The van der Waals surface area contributed by atoms with E-state index in [2.05, 4.69) is 95.0 Å². The fourth-order valence-corrected chi connectivity index (χ4v) is 8.28. The molecule has 4 aromatic carbocycles. The van der Waals surface area contributed by atoms with Crippen LogP contribution < -0.4 is 26.6 Å². The lowest BCUT2D eigenvalue weighted by Gasteiger charge is -2.32. The van der Waals surface area contributed by atoms with Crippen molar-refractivity contribution >= 4 is 56.6 Å². The van der Waals surface area contributed by atoms with Crippen LogP contribution in [0.5, 0.6) is 0 Å². The summed E-state index contributed by atoms with van der Waals surface area (Å²) in [5.74, 6) is -0.532. The summed E-state index contributed by atoms with van der Waals surface area (Å²) in [6.07, 6.45) is 8.67. The topological polar surface area (TPSA) is 132 Å². The van der Waals surface area contributed by atoms with Gasteiger partial charge in [0, 0.05) is 26.1 Å². The van der Waals surface area contributed by atoms with E-state index in [9.17, 15) is 19.5 Å². The Hall–Kier alpha value is -4.54. The highest BCUT2D eigenvalue weighted by Crippen LogP contribution is 2.29. The van der Waals surface area contributed by atoms with Crippen molar-refractivity contribution in [2.75, 3.05) is 20.1 Å². The van der Waals surface area contributed by atoms with Crippen LogP contribution in [-0.4, -0.2) is 66.3 Å². The van der Waals surface area contributed by atoms with Gasteiger partial charge in [-0.2, -0.15) is 0 Å². The van der Waals surface area contributed by atoms with Gasteiger partial charge in [-0.25, -0.2) is 0 Å². The van der Waals surface area contributed by atoms with Crippen LogP contribution in [0.3, 0.4) is 0 Å². The molecule has 0 aromatic heterocycles. The molecule has 1 saturated carbocycles. The van der Waals surface area contributed by atoms with Crippen molar-refractivity contribution in [3.8, 4) is 0 Å². The molecule has 10 heteroatoms. The van der Waals surface area contributed by atoms with E-state index in [1.165, 1.54) is 6.42 Å². The molecule has 0 heterocycles. The first kappa shape index (κ1) is 44.6. The van der Waals surface area contributed by atoms with Gasteiger partial charge in [0.15, 0.2) is 5.11 Å². The molecule has 5 atom stereocenters. The van der Waals surface area contributed by atoms with Crippen molar-refractivity contribution in [1.82, 2.24) is 26.6 Å². The van der Waals surface area contributed by atoms with Gasteiger partial charge in [0.05, 0.1) is 18.6 Å². The molecule has 58 heavy (non-hydrogen) atoms. The third-order valence-corrected chi connectivity index (χ3v) is 12.3. The zero-order chi connectivity index (χ0) is 41.3. The van der Waals surface area contributed by atoms with Crippen LogP contribution in [0.1, 0.15) is 95.6 Å². The second-order valence-electron chi connectivity index (χ2n) is 16.4. The minimum absolute atomic E-state index is 0.0962. The van der Waals surface area contributed by atoms with Gasteiger partial charge in [-0.15, -0.1) is 0 Å². The second-order valence-corrected chi connectivity index (χ2v) is 16.8. The summed E-state index contributed by atoms with van der Waals surface area (Å²) in [7, 11) is 1.77. The average molecular weight is 808 g/mol. The van der Waals surface area contributed by atoms with Gasteiger partial charge in [-0.3, -0.25) is 14.4 Å². The fraction of sp³-hybridized carbons (Fsp3) is 0.500. The minimum Gasteiger partial charge on any atom is -0.390 e. The number of benzene rings is 4. The number of unbranched alkanes of at least 4 members (excludes halogenated alkanes) is 1. The van der Waals surface area contributed by atoms with Crippen molar-refractivity contribution < 1.29 is 19.5 Å². The van der Waals surface area contributed by atoms with E-state index in [4.69, 9.17) is 12.2 Å². The first-order chi connectivity index (χ1) is 28.1. The van der Waals surface area contributed by atoms with E-state index in [1.807, 2.05) is 30.3 Å². The fourth-order valence-electron chi connectivity index (χ4n) is 8.18. The quantitative estimate of drug-likeness (QED) is 0.0380. The second kappa shape index (κ2) is 23.2. The van der Waals surface area contributed by atoms with Gasteiger partial charge in [0.25, 0.3) is 0 Å². The van der Waals surface area contributed by atoms with Crippen molar-refractivity contribution in [3.05, 3.63) is 96.1 Å². The molecule has 4 aromatic rings. The summed E-state index contributed by atoms with van der Waals surface area (Å²) in [5, 5.41) is 32.0. The maximum atomic E-state index is 14.7. The normalized spacial score (nSPS) is 15.8. The number of rotatable bonds is 21. The van der Waals surface area contributed by atoms with Crippen molar-refractivity contribution in [2.45, 2.75) is 116 Å². The van der Waals surface area contributed by atoms with E-state index in [1.54, 1.807) is 7.05 Å². The van der Waals surface area contributed by atoms with Crippen molar-refractivity contribution in [1.29, 1.82) is 0 Å². The molecule has 5 unspecified atom stereocenters. The number of fused-ring (bicyclic) bond motifs is 2. The van der Waals surface area contributed by atoms with Crippen LogP contribution in [0.4, 0.5) is 0 Å². The average Bonchev–Trinajstić information content (AvgIpc) is 3.24. The maximum absolute atomic E-state index is 14.7. The molecule has 1 fully saturated rings. The van der Waals surface area contributed by atoms with E-state index >= 15 is 0 Å². The number of carbonyl (C=O) groups excluding carboxylic acids is 3. The van der Waals surface area contributed by atoms with Crippen LogP contribution in [0.25, 0.3) is 21.5 Å². The largest absolute Gasteiger partial charge is 0.390 e. The van der Waals surface area contributed by atoms with Crippen LogP contribution in [-0.2, 0) is 27.2 Å². The molecule has 3 amide bonds. The number of carbonyl (C=O) groups is 3. The van der Waals surface area contributed by atoms with Crippen LogP contribution in [0, 0.1) is 17.8 Å². The molecule has 0 spiro atoms. The number of hydrogen-bond acceptors (Lipinski definition) is 5. The molecule has 0 saturated heterocycles. The van der Waals surface area contributed by atoms with Gasteiger partial charge in [-0.05, 0) is 95.3 Å². The van der Waals surface area contributed by atoms with Crippen molar-refractivity contribution in [2.24, 2.45) is 17.8 Å². The van der Waals surface area contributed by atoms with E-state index in [0.717, 1.165) is 71.2 Å². The zero-order valence-electron chi connectivity index (χ0n) is 34.7. The summed E-state index contributed by atoms with van der Waals surface area (Å²) in [6, 6.07) is 27.6. The Kier molecular flexibility index (Phi) is 17.8. The van der Waals surface area contributed by atoms with E-state index in [0.29, 0.717) is 62.1 Å². The lowest BCUT2D eigenvalue weighted by atomic mass is 9.83. The highest BCUT2D eigenvalue weighted by atomic mass is 32.1. The number of thiocarbonyl (C=S) groups is 1. The molecule has 0 bridgehead atoms. The summed E-state index contributed by atoms with van der Waals surface area (Å²) < 4.78 is 0. The lowest BCUT2D eigenvalue weighted by molar-refractivity contribution is -0.132. The molecule has 0 aliphatic heterocycles. The predicted octanol–water partition coefficient (Wildman–Crippen LogP) is 7.51. The van der Waals surface area contributed by atoms with E-state index in [-0.39, 0.29) is 24.1 Å². The molecule has 0 radical (unpaired) electrons. The number of amides is 3. The number of hydrogen-bond donors (Lipinski definition) is 6. The molecule has 312 valence electrons. The molecule has 1 aliphatic carbocycles. The Balaban J connectivity index is 1.39. The van der Waals surface area contributed by atoms with Gasteiger partial charge in [0.2, 0.25) is 17.7 Å². The molecular weight excluding hydrogens is 743 g/mol. The molecule has 1 aliphatic rings. The minimum atomic E-state index is -1.06. The van der Waals surface area contributed by atoms with Gasteiger partial charge >= 0.3 is 0 Å². The molecule has 9 nitrogen and oxygen atoms in total. The number of nitrogens with one attached hydrogen (secondary N) is 5. The van der Waals surface area contributed by atoms with Gasteiger partial charge in [-0.1, -0.05) is 137 Å². The number of aliphatic hydroxyl groups is 1. The Bertz CT molecular complexity index is 1940. The van der Waals surface area contributed by atoms with Crippen molar-refractivity contribution in [3.63, 3.8) is 0 Å². The molecule has 6 N–H and O–H groups in total. The number of aliphatic hydroxyl groups excluding tert-OH is 1. The Labute approximate surface area is 350 Å². The van der Waals surface area contributed by atoms with Crippen LogP contribution in [0.2, 0.25) is 0 Å². The Morgan fingerprint density at radius 2 is 1.53 bits per heavy atom. The smallest absolute Gasteiger partial charge is 0.242 e. The third kappa shape index (κ3) is 13.8. The van der Waals surface area contributed by atoms with Gasteiger partial charge in [0.1, 0.15) is 6.04 Å². The highest BCUT2D eigenvalue weighted by molar-refractivity contribution is 7.80. The van der Waals surface area contributed by atoms with Crippen LogP contribution >= 0.6 is 12.2 Å². The first-order valence-electron chi connectivity index (χ1n) is 21.6. The summed E-state index contributed by atoms with van der Waals surface area (Å²) in [5.41, 5.74) is 2.13. The summed E-state index contributed by atoms with van der Waals surface area (Å²) in [6.45, 7) is 5.33. The Morgan fingerprint density at radius 3 is 2.29 bits per heavy atom. The monoisotopic (exact) mass is 807 g/mol. The standard InChI is InChI=1S/C48H65N5O4S/c1-4-33(2)32-51-45(55)31-44(54)43(29-34-15-6-5-7-16-34)53-47(57)42(23-12-13-26-50-48(58)49-3)52-46(56)40(28-35-24-25-36-17-8-9-19-38(36)27-35)30-39-21-14-20-37-18-10-11-22-41(37)39/h8-11,14,17-22,24-25,27,33-34,40,42-44,54H,4-7,12-13,15-16,23,26,28-32H2,1-3H3,(H,51,55)(H,52,56)(H,53,57)(H2,49,50,58). The zero-order valence-corrected chi connectivity index (χ0v) is 35.6. The molecule has 5 rings (SSSR count). The highest BCUT2D eigenvalue weighted by Gasteiger charge is 2.32.